The van der Waals surface area contributed by atoms with Crippen LogP contribution in [0.25, 0.3) is 0 Å². The first-order valence-corrected chi connectivity index (χ1v) is 12.3. The Hall–Kier alpha value is -3.60. The Bertz CT molecular complexity index is 1130. The first kappa shape index (κ1) is 27.6. The van der Waals surface area contributed by atoms with Crippen molar-refractivity contribution in [1.29, 1.82) is 0 Å². The van der Waals surface area contributed by atoms with E-state index in [0.717, 1.165) is 5.56 Å². The van der Waals surface area contributed by atoms with E-state index in [9.17, 15) is 22.8 Å². The van der Waals surface area contributed by atoms with Gasteiger partial charge in [-0.3, -0.25) is 4.79 Å². The summed E-state index contributed by atoms with van der Waals surface area (Å²) in [7, 11) is -4.70. The minimum absolute atomic E-state index is 0.0249. The van der Waals surface area contributed by atoms with Crippen LogP contribution in [0.15, 0.2) is 59.5 Å². The van der Waals surface area contributed by atoms with E-state index >= 15 is 0 Å². The highest BCUT2D eigenvalue weighted by molar-refractivity contribution is 7.89. The predicted molar refractivity (Wildman–Crippen MR) is 126 cm³/mol. The Labute approximate surface area is 205 Å². The molecule has 0 atom stereocenters. The van der Waals surface area contributed by atoms with Crippen LogP contribution in [0.2, 0.25) is 0 Å². The lowest BCUT2D eigenvalue weighted by Gasteiger charge is -2.33. The van der Waals surface area contributed by atoms with Crippen molar-refractivity contribution >= 4 is 28.2 Å². The van der Waals surface area contributed by atoms with Gasteiger partial charge < -0.3 is 14.2 Å². The molecular formula is C24H30N2O8S. The number of nitrogens with zero attached hydrogens (tertiary/aromatic N) is 2. The monoisotopic (exact) mass is 506 g/mol. The van der Waals surface area contributed by atoms with Crippen LogP contribution in [-0.4, -0.2) is 54.7 Å². The first-order valence-electron chi connectivity index (χ1n) is 10.8. The molecule has 0 radical (unpaired) electrons. The molecular weight excluding hydrogens is 476 g/mol. The third kappa shape index (κ3) is 7.99. The standard InChI is InChI=1S/C24H30N2O8S/c1-6-32-21(27)16-25(22(28)33-17-19-10-8-7-9-11-19)26(23(29)34-24(3,4)5)35(30,31)20-14-12-18(2)13-15-20/h7-15H,6,16-17H2,1-5H3. The maximum atomic E-state index is 13.6. The summed E-state index contributed by atoms with van der Waals surface area (Å²) in [5.74, 6) is -0.947. The van der Waals surface area contributed by atoms with Gasteiger partial charge in [-0.1, -0.05) is 52.4 Å². The number of hydrazine groups is 1. The van der Waals surface area contributed by atoms with Gasteiger partial charge in [0.2, 0.25) is 0 Å². The SMILES string of the molecule is CCOC(=O)CN(C(=O)OCc1ccccc1)N(C(=O)OC(C)(C)C)S(=O)(=O)c1ccc(C)cc1. The Morgan fingerprint density at radius 2 is 1.49 bits per heavy atom. The number of carbonyl (C=O) groups excluding carboxylic acids is 3. The molecule has 35 heavy (non-hydrogen) atoms. The second-order valence-corrected chi connectivity index (χ2v) is 10.2. The molecule has 0 N–H and O–H groups in total. The van der Waals surface area contributed by atoms with Gasteiger partial charge >= 0.3 is 18.2 Å². The van der Waals surface area contributed by atoms with E-state index in [0.29, 0.717) is 10.6 Å². The zero-order valence-corrected chi connectivity index (χ0v) is 21.2. The number of benzene rings is 2. The number of sulfonamides is 1. The van der Waals surface area contributed by atoms with Crippen LogP contribution in [0.4, 0.5) is 9.59 Å². The number of carbonyl (C=O) groups is 3. The van der Waals surface area contributed by atoms with Gasteiger partial charge in [-0.25, -0.2) is 9.59 Å². The summed E-state index contributed by atoms with van der Waals surface area (Å²) in [4.78, 5) is 38.2. The van der Waals surface area contributed by atoms with Crippen molar-refractivity contribution in [3.63, 3.8) is 0 Å². The van der Waals surface area contributed by atoms with Crippen LogP contribution in [0, 0.1) is 6.92 Å². The molecule has 0 aliphatic carbocycles. The van der Waals surface area contributed by atoms with E-state index in [1.54, 1.807) is 44.2 Å². The molecule has 2 amide bonds. The summed E-state index contributed by atoms with van der Waals surface area (Å²) in [6.45, 7) is 6.74. The lowest BCUT2D eigenvalue weighted by Crippen LogP contribution is -2.55. The highest BCUT2D eigenvalue weighted by atomic mass is 32.2. The number of hydrogen-bond donors (Lipinski definition) is 0. The molecule has 190 valence electrons. The van der Waals surface area contributed by atoms with Gasteiger partial charge in [-0.15, -0.1) is 0 Å². The van der Waals surface area contributed by atoms with Gasteiger partial charge in [0.05, 0.1) is 11.5 Å². The number of amides is 2. The van der Waals surface area contributed by atoms with E-state index < -0.39 is 40.3 Å². The lowest BCUT2D eigenvalue weighted by atomic mass is 10.2. The van der Waals surface area contributed by atoms with Gasteiger partial charge in [0.1, 0.15) is 18.8 Å². The summed E-state index contributed by atoms with van der Waals surface area (Å²) < 4.78 is 42.6. The maximum absolute atomic E-state index is 13.6. The molecule has 0 bridgehead atoms. The Kier molecular flexibility index (Phi) is 9.24. The normalized spacial score (nSPS) is 11.3. The molecule has 11 heteroatoms. The Morgan fingerprint density at radius 1 is 0.886 bits per heavy atom. The molecule has 2 rings (SSSR count). The average molecular weight is 507 g/mol. The summed E-state index contributed by atoms with van der Waals surface area (Å²) in [5, 5.41) is 0.365. The van der Waals surface area contributed by atoms with Crippen LogP contribution in [0.1, 0.15) is 38.8 Å². The fraction of sp³-hybridized carbons (Fsp3) is 0.375. The molecule has 2 aromatic rings. The van der Waals surface area contributed by atoms with Crippen molar-refractivity contribution in [2.75, 3.05) is 13.2 Å². The van der Waals surface area contributed by atoms with Crippen molar-refractivity contribution < 1.29 is 37.0 Å². The van der Waals surface area contributed by atoms with Gasteiger partial charge in [-0.05, 0) is 52.3 Å². The van der Waals surface area contributed by atoms with Crippen molar-refractivity contribution in [1.82, 2.24) is 9.42 Å². The fourth-order valence-electron chi connectivity index (χ4n) is 2.76. The summed E-state index contributed by atoms with van der Waals surface area (Å²) in [6.07, 6.45) is -2.65. The summed E-state index contributed by atoms with van der Waals surface area (Å²) in [6, 6.07) is 14.2. The topological polar surface area (TPSA) is 120 Å². The smallest absolute Gasteiger partial charge is 0.444 e. The molecule has 0 saturated carbocycles. The van der Waals surface area contributed by atoms with E-state index in [2.05, 4.69) is 0 Å². The molecule has 0 unspecified atom stereocenters. The second kappa shape index (κ2) is 11.7. The molecule has 2 aromatic carbocycles. The number of ether oxygens (including phenoxy) is 3. The largest absolute Gasteiger partial charge is 0.465 e. The fourth-order valence-corrected chi connectivity index (χ4v) is 4.06. The van der Waals surface area contributed by atoms with E-state index in [1.165, 1.54) is 45.0 Å². The Balaban J connectivity index is 2.53. The number of hydrogen-bond acceptors (Lipinski definition) is 8. The van der Waals surface area contributed by atoms with Crippen LogP contribution in [0.3, 0.4) is 0 Å². The predicted octanol–water partition coefficient (Wildman–Crippen LogP) is 4.04. The average Bonchev–Trinajstić information content (AvgIpc) is 2.77. The molecule has 0 saturated heterocycles. The van der Waals surface area contributed by atoms with E-state index in [4.69, 9.17) is 14.2 Å². The van der Waals surface area contributed by atoms with E-state index in [-0.39, 0.29) is 22.5 Å². The molecule has 0 aliphatic heterocycles. The second-order valence-electron chi connectivity index (χ2n) is 8.44. The molecule has 0 spiro atoms. The van der Waals surface area contributed by atoms with E-state index in [1.807, 2.05) is 0 Å². The zero-order valence-electron chi connectivity index (χ0n) is 20.4. The molecule has 0 fully saturated rings. The molecule has 0 aromatic heterocycles. The zero-order chi connectivity index (χ0) is 26.2. The number of esters is 1. The van der Waals surface area contributed by atoms with Crippen molar-refractivity contribution in [2.24, 2.45) is 0 Å². The van der Waals surface area contributed by atoms with Crippen LogP contribution in [-0.2, 0) is 35.6 Å². The van der Waals surface area contributed by atoms with Crippen LogP contribution in [0.5, 0.6) is 0 Å². The van der Waals surface area contributed by atoms with Crippen molar-refractivity contribution in [3.8, 4) is 0 Å². The van der Waals surface area contributed by atoms with Crippen LogP contribution < -0.4 is 0 Å². The quantitative estimate of drug-likeness (QED) is 0.314. The Morgan fingerprint density at radius 3 is 2.03 bits per heavy atom. The highest BCUT2D eigenvalue weighted by Gasteiger charge is 2.42. The highest BCUT2D eigenvalue weighted by Crippen LogP contribution is 2.23. The minimum atomic E-state index is -4.70. The van der Waals surface area contributed by atoms with Crippen LogP contribution >= 0.6 is 0 Å². The maximum Gasteiger partial charge on any atom is 0.444 e. The third-order valence-corrected chi connectivity index (χ3v) is 5.98. The van der Waals surface area contributed by atoms with Gasteiger partial charge in [0.25, 0.3) is 10.0 Å². The molecule has 0 heterocycles. The lowest BCUT2D eigenvalue weighted by molar-refractivity contribution is -0.146. The van der Waals surface area contributed by atoms with Gasteiger partial charge in [-0.2, -0.15) is 13.4 Å². The summed E-state index contributed by atoms with van der Waals surface area (Å²) in [5.41, 5.74) is 0.280. The first-order chi connectivity index (χ1) is 16.3. The number of aryl methyl sites for hydroxylation is 1. The third-order valence-electron chi connectivity index (χ3n) is 4.32. The van der Waals surface area contributed by atoms with Crippen molar-refractivity contribution in [3.05, 3.63) is 65.7 Å². The van der Waals surface area contributed by atoms with Crippen molar-refractivity contribution in [2.45, 2.75) is 51.7 Å². The minimum Gasteiger partial charge on any atom is -0.465 e. The number of rotatable bonds is 7. The molecule has 10 nitrogen and oxygen atoms in total. The van der Waals surface area contributed by atoms with Gasteiger partial charge in [0, 0.05) is 0 Å². The van der Waals surface area contributed by atoms with Gasteiger partial charge in [0.15, 0.2) is 0 Å². The summed E-state index contributed by atoms with van der Waals surface area (Å²) >= 11 is 0. The molecule has 0 aliphatic rings.